The summed E-state index contributed by atoms with van der Waals surface area (Å²) in [5, 5.41) is 3.54. The molecule has 1 aromatic carbocycles. The van der Waals surface area contributed by atoms with E-state index in [1.54, 1.807) is 0 Å². The highest BCUT2D eigenvalue weighted by atomic mass is 32.2. The van der Waals surface area contributed by atoms with Gasteiger partial charge in [0.2, 0.25) is 5.91 Å². The number of thioether (sulfide) groups is 1. The number of rotatable bonds is 6. The molecule has 0 radical (unpaired) electrons. The lowest BCUT2D eigenvalue weighted by Gasteiger charge is -2.25. The van der Waals surface area contributed by atoms with Crippen LogP contribution in [-0.4, -0.2) is 35.4 Å². The van der Waals surface area contributed by atoms with Crippen LogP contribution in [0.3, 0.4) is 0 Å². The van der Waals surface area contributed by atoms with Crippen LogP contribution in [-0.2, 0) is 4.79 Å². The summed E-state index contributed by atoms with van der Waals surface area (Å²) in [7, 11) is 0. The molecule has 2 rings (SSSR count). The van der Waals surface area contributed by atoms with Crippen LogP contribution in [0.25, 0.3) is 0 Å². The summed E-state index contributed by atoms with van der Waals surface area (Å²) in [5.41, 5.74) is 2.46. The van der Waals surface area contributed by atoms with Crippen molar-refractivity contribution in [1.29, 1.82) is 0 Å². The minimum absolute atomic E-state index is 0.0213. The van der Waals surface area contributed by atoms with Gasteiger partial charge in [0.1, 0.15) is 6.17 Å². The third kappa shape index (κ3) is 3.61. The van der Waals surface area contributed by atoms with Crippen LogP contribution >= 0.6 is 11.8 Å². The van der Waals surface area contributed by atoms with Crippen LogP contribution in [0, 0.1) is 12.8 Å². The molecule has 116 valence electrons. The number of aryl methyl sites for hydroxylation is 1. The molecule has 0 aliphatic carbocycles. The molecule has 1 aromatic rings. The van der Waals surface area contributed by atoms with Gasteiger partial charge in [0.15, 0.2) is 0 Å². The molecule has 1 saturated heterocycles. The van der Waals surface area contributed by atoms with Crippen molar-refractivity contribution < 1.29 is 4.79 Å². The van der Waals surface area contributed by atoms with Gasteiger partial charge in [-0.2, -0.15) is 11.8 Å². The highest BCUT2D eigenvalue weighted by Crippen LogP contribution is 2.30. The molecule has 0 saturated carbocycles. The van der Waals surface area contributed by atoms with Crippen molar-refractivity contribution in [3.05, 3.63) is 35.4 Å². The standard InChI is InChI=1S/C17H26N2OS/c1-12(2)15-17(20)19(10-7-11-21-4)16(18-15)14-9-6-5-8-13(14)3/h5-6,8-9,12,15-16,18H,7,10-11H2,1-4H3. The number of carbonyl (C=O) groups excluding carboxylic acids is 1. The molecule has 2 atom stereocenters. The first-order valence-corrected chi connectivity index (χ1v) is 9.06. The van der Waals surface area contributed by atoms with Crippen molar-refractivity contribution in [1.82, 2.24) is 10.2 Å². The topological polar surface area (TPSA) is 32.3 Å². The molecule has 1 aliphatic rings. The Bertz CT molecular complexity index is 489. The Kier molecular flexibility index (Phi) is 5.71. The minimum atomic E-state index is -0.0658. The molecule has 1 amide bonds. The summed E-state index contributed by atoms with van der Waals surface area (Å²) >= 11 is 1.84. The molecule has 1 aliphatic heterocycles. The summed E-state index contributed by atoms with van der Waals surface area (Å²) in [6.07, 6.45) is 3.18. The fourth-order valence-electron chi connectivity index (χ4n) is 2.88. The largest absolute Gasteiger partial charge is 0.322 e. The second-order valence-electron chi connectivity index (χ2n) is 6.03. The number of benzene rings is 1. The maximum atomic E-state index is 12.7. The molecule has 21 heavy (non-hydrogen) atoms. The van der Waals surface area contributed by atoms with Gasteiger partial charge in [-0.3, -0.25) is 10.1 Å². The van der Waals surface area contributed by atoms with E-state index in [4.69, 9.17) is 0 Å². The van der Waals surface area contributed by atoms with Crippen molar-refractivity contribution in [3.8, 4) is 0 Å². The van der Waals surface area contributed by atoms with Crippen LogP contribution in [0.15, 0.2) is 24.3 Å². The molecule has 1 heterocycles. The second-order valence-corrected chi connectivity index (χ2v) is 7.01. The number of nitrogens with zero attached hydrogens (tertiary/aromatic N) is 1. The van der Waals surface area contributed by atoms with Crippen LogP contribution in [0.2, 0.25) is 0 Å². The molecule has 4 heteroatoms. The third-order valence-corrected chi connectivity index (χ3v) is 4.79. The van der Waals surface area contributed by atoms with Gasteiger partial charge in [-0.15, -0.1) is 0 Å². The number of hydrogen-bond acceptors (Lipinski definition) is 3. The van der Waals surface area contributed by atoms with E-state index >= 15 is 0 Å². The number of hydrogen-bond donors (Lipinski definition) is 1. The van der Waals surface area contributed by atoms with Crippen molar-refractivity contribution >= 4 is 17.7 Å². The molecule has 0 bridgehead atoms. The normalized spacial score (nSPS) is 22.3. The zero-order valence-corrected chi connectivity index (χ0v) is 14.2. The molecule has 2 unspecified atom stereocenters. The number of nitrogens with one attached hydrogen (secondary N) is 1. The Labute approximate surface area is 132 Å². The van der Waals surface area contributed by atoms with Crippen molar-refractivity contribution in [3.63, 3.8) is 0 Å². The lowest BCUT2D eigenvalue weighted by Crippen LogP contribution is -2.35. The van der Waals surface area contributed by atoms with Gasteiger partial charge in [0.05, 0.1) is 6.04 Å². The van der Waals surface area contributed by atoms with Gasteiger partial charge in [0.25, 0.3) is 0 Å². The SMILES string of the molecule is CSCCCN1C(=O)C(C(C)C)NC1c1ccccc1C. The highest BCUT2D eigenvalue weighted by Gasteiger charge is 2.40. The predicted molar refractivity (Wildman–Crippen MR) is 90.4 cm³/mol. The smallest absolute Gasteiger partial charge is 0.241 e. The molecule has 1 fully saturated rings. The summed E-state index contributed by atoms with van der Waals surface area (Å²) in [5.74, 6) is 1.66. The molecule has 3 nitrogen and oxygen atoms in total. The Morgan fingerprint density at radius 3 is 2.67 bits per heavy atom. The zero-order valence-electron chi connectivity index (χ0n) is 13.4. The van der Waals surface area contributed by atoms with E-state index < -0.39 is 0 Å². The Balaban J connectivity index is 2.23. The van der Waals surface area contributed by atoms with Gasteiger partial charge in [0, 0.05) is 6.54 Å². The zero-order chi connectivity index (χ0) is 15.4. The van der Waals surface area contributed by atoms with Crippen LogP contribution < -0.4 is 5.32 Å². The van der Waals surface area contributed by atoms with Gasteiger partial charge >= 0.3 is 0 Å². The van der Waals surface area contributed by atoms with Crippen molar-refractivity contribution in [2.45, 2.75) is 39.4 Å². The first-order valence-electron chi connectivity index (χ1n) is 7.67. The summed E-state index contributed by atoms with van der Waals surface area (Å²) in [4.78, 5) is 14.7. The minimum Gasteiger partial charge on any atom is -0.322 e. The highest BCUT2D eigenvalue weighted by molar-refractivity contribution is 7.98. The van der Waals surface area contributed by atoms with E-state index in [1.807, 2.05) is 22.7 Å². The lowest BCUT2D eigenvalue weighted by molar-refractivity contribution is -0.130. The van der Waals surface area contributed by atoms with Crippen molar-refractivity contribution in [2.75, 3.05) is 18.6 Å². The van der Waals surface area contributed by atoms with E-state index in [1.165, 1.54) is 11.1 Å². The first kappa shape index (κ1) is 16.4. The molecular formula is C17H26N2OS. The summed E-state index contributed by atoms with van der Waals surface area (Å²) in [6.45, 7) is 7.16. The Morgan fingerprint density at radius 2 is 2.05 bits per heavy atom. The van der Waals surface area contributed by atoms with Gasteiger partial charge in [-0.1, -0.05) is 38.1 Å². The second kappa shape index (κ2) is 7.32. The van der Waals surface area contributed by atoms with Gasteiger partial charge in [-0.25, -0.2) is 0 Å². The quantitative estimate of drug-likeness (QED) is 0.819. The van der Waals surface area contributed by atoms with E-state index in [9.17, 15) is 4.79 Å². The van der Waals surface area contributed by atoms with E-state index in [0.29, 0.717) is 5.92 Å². The summed E-state index contributed by atoms with van der Waals surface area (Å²) < 4.78 is 0. The fraction of sp³-hybridized carbons (Fsp3) is 0.588. The monoisotopic (exact) mass is 306 g/mol. The van der Waals surface area contributed by atoms with E-state index in [-0.39, 0.29) is 18.1 Å². The lowest BCUT2D eigenvalue weighted by atomic mass is 10.0. The molecule has 0 spiro atoms. The molecule has 0 aromatic heterocycles. The maximum Gasteiger partial charge on any atom is 0.241 e. The maximum absolute atomic E-state index is 12.7. The van der Waals surface area contributed by atoms with E-state index in [2.05, 4.69) is 50.5 Å². The Hall–Kier alpha value is -1.00. The van der Waals surface area contributed by atoms with Crippen LogP contribution in [0.4, 0.5) is 0 Å². The first-order chi connectivity index (χ1) is 10.1. The average molecular weight is 306 g/mol. The van der Waals surface area contributed by atoms with E-state index in [0.717, 1.165) is 18.7 Å². The van der Waals surface area contributed by atoms with Crippen LogP contribution in [0.5, 0.6) is 0 Å². The average Bonchev–Trinajstić information content (AvgIpc) is 2.77. The van der Waals surface area contributed by atoms with Gasteiger partial charge in [-0.05, 0) is 42.4 Å². The Morgan fingerprint density at radius 1 is 1.33 bits per heavy atom. The van der Waals surface area contributed by atoms with Crippen LogP contribution in [0.1, 0.15) is 37.6 Å². The summed E-state index contributed by atoms with van der Waals surface area (Å²) in [6, 6.07) is 8.28. The molecular weight excluding hydrogens is 280 g/mol. The third-order valence-electron chi connectivity index (χ3n) is 4.10. The van der Waals surface area contributed by atoms with Gasteiger partial charge < -0.3 is 4.90 Å². The number of amides is 1. The molecule has 1 N–H and O–H groups in total. The fourth-order valence-corrected chi connectivity index (χ4v) is 3.30. The number of carbonyl (C=O) groups is 1. The van der Waals surface area contributed by atoms with Crippen molar-refractivity contribution in [2.24, 2.45) is 5.92 Å². The predicted octanol–water partition coefficient (Wildman–Crippen LogP) is 3.20.